The first-order chi connectivity index (χ1) is 11.2. The molecule has 0 spiro atoms. The van der Waals surface area contributed by atoms with Crippen LogP contribution >= 0.6 is 0 Å². The summed E-state index contributed by atoms with van der Waals surface area (Å²) in [6.07, 6.45) is 12.6. The molecule has 0 fully saturated rings. The van der Waals surface area contributed by atoms with Gasteiger partial charge in [-0.1, -0.05) is 45.6 Å². The summed E-state index contributed by atoms with van der Waals surface area (Å²) >= 11 is 0. The zero-order valence-electron chi connectivity index (χ0n) is 14.3. The largest absolute Gasteiger partial charge is 0.236 e. The molecular weight excluding hydrogens is 287 g/mol. The molecule has 1 aromatic heterocycles. The van der Waals surface area contributed by atoms with Crippen molar-refractivity contribution in [3.05, 3.63) is 47.5 Å². The fraction of sp³-hybridized carbons (Fsp3) is 0.500. The number of hydrogen-bond acceptors (Lipinski definition) is 2. The van der Waals surface area contributed by atoms with Crippen molar-refractivity contribution in [1.82, 2.24) is 9.97 Å². The molecule has 2 aromatic rings. The van der Waals surface area contributed by atoms with Gasteiger partial charge in [-0.05, 0) is 48.9 Å². The van der Waals surface area contributed by atoms with E-state index >= 15 is 0 Å². The third kappa shape index (κ3) is 5.42. The van der Waals surface area contributed by atoms with Gasteiger partial charge in [0.05, 0.1) is 5.56 Å². The van der Waals surface area contributed by atoms with Crippen molar-refractivity contribution in [2.75, 3.05) is 0 Å². The average molecular weight is 314 g/mol. The van der Waals surface area contributed by atoms with E-state index in [1.807, 2.05) is 24.5 Å². The monoisotopic (exact) mass is 314 g/mol. The van der Waals surface area contributed by atoms with Crippen LogP contribution < -0.4 is 0 Å². The van der Waals surface area contributed by atoms with Crippen molar-refractivity contribution in [2.24, 2.45) is 0 Å². The maximum atomic E-state index is 14.3. The molecule has 0 N–H and O–H groups in total. The molecule has 0 radical (unpaired) electrons. The van der Waals surface area contributed by atoms with Gasteiger partial charge in [0.2, 0.25) is 0 Å². The quantitative estimate of drug-likeness (QED) is 0.551. The van der Waals surface area contributed by atoms with Crippen molar-refractivity contribution in [3.8, 4) is 11.4 Å². The summed E-state index contributed by atoms with van der Waals surface area (Å²) in [4.78, 5) is 8.68. The fourth-order valence-electron chi connectivity index (χ4n) is 2.68. The molecule has 124 valence electrons. The highest BCUT2D eigenvalue weighted by Crippen LogP contribution is 2.21. The first-order valence-corrected chi connectivity index (χ1v) is 8.84. The maximum Gasteiger partial charge on any atom is 0.162 e. The molecular formula is C20H27FN2. The van der Waals surface area contributed by atoms with Gasteiger partial charge in [-0.3, -0.25) is 0 Å². The maximum absolute atomic E-state index is 14.3. The van der Waals surface area contributed by atoms with E-state index in [9.17, 15) is 4.39 Å². The summed E-state index contributed by atoms with van der Waals surface area (Å²) in [6, 6.07) is 5.43. The first-order valence-electron chi connectivity index (χ1n) is 8.84. The molecule has 0 aliphatic rings. The Hall–Kier alpha value is -1.77. The lowest BCUT2D eigenvalue weighted by atomic mass is 10.0. The topological polar surface area (TPSA) is 25.8 Å². The number of aryl methyl sites for hydroxylation is 2. The summed E-state index contributed by atoms with van der Waals surface area (Å²) in [5.41, 5.74) is 2.67. The van der Waals surface area contributed by atoms with Gasteiger partial charge in [0, 0.05) is 12.4 Å². The highest BCUT2D eigenvalue weighted by atomic mass is 19.1. The summed E-state index contributed by atoms with van der Waals surface area (Å²) in [5, 5.41) is 0. The number of benzene rings is 1. The van der Waals surface area contributed by atoms with Crippen LogP contribution in [-0.2, 0) is 12.8 Å². The molecule has 0 aliphatic carbocycles. The Morgan fingerprint density at radius 3 is 2.00 bits per heavy atom. The SMILES string of the molecule is CCCCCc1cnc(-c2ccc(CCCCC)cc2F)nc1. The van der Waals surface area contributed by atoms with Crippen LogP contribution in [0.15, 0.2) is 30.6 Å². The van der Waals surface area contributed by atoms with Gasteiger partial charge in [-0.15, -0.1) is 0 Å². The number of nitrogens with zero attached hydrogens (tertiary/aromatic N) is 2. The van der Waals surface area contributed by atoms with E-state index in [4.69, 9.17) is 0 Å². The van der Waals surface area contributed by atoms with Crippen molar-refractivity contribution in [3.63, 3.8) is 0 Å². The van der Waals surface area contributed by atoms with Crippen LogP contribution in [0.25, 0.3) is 11.4 Å². The van der Waals surface area contributed by atoms with Crippen LogP contribution in [0.1, 0.15) is 63.5 Å². The Bertz CT molecular complexity index is 593. The van der Waals surface area contributed by atoms with Crippen LogP contribution in [0, 0.1) is 5.82 Å². The number of halogens is 1. The normalized spacial score (nSPS) is 10.9. The van der Waals surface area contributed by atoms with Gasteiger partial charge in [0.1, 0.15) is 5.82 Å². The molecule has 2 nitrogen and oxygen atoms in total. The predicted molar refractivity (Wildman–Crippen MR) is 93.9 cm³/mol. The van der Waals surface area contributed by atoms with E-state index in [1.165, 1.54) is 25.7 Å². The number of aromatic nitrogens is 2. The minimum atomic E-state index is -0.224. The molecule has 2 rings (SSSR count). The predicted octanol–water partition coefficient (Wildman–Crippen LogP) is 5.75. The summed E-state index contributed by atoms with van der Waals surface area (Å²) in [7, 11) is 0. The van der Waals surface area contributed by atoms with E-state index < -0.39 is 0 Å². The highest BCUT2D eigenvalue weighted by Gasteiger charge is 2.09. The first kappa shape index (κ1) is 17.6. The van der Waals surface area contributed by atoms with E-state index in [0.29, 0.717) is 11.4 Å². The summed E-state index contributed by atoms with van der Waals surface area (Å²) in [6.45, 7) is 4.36. The zero-order valence-corrected chi connectivity index (χ0v) is 14.3. The minimum Gasteiger partial charge on any atom is -0.236 e. The number of hydrogen-bond donors (Lipinski definition) is 0. The Labute approximate surface area is 139 Å². The second-order valence-corrected chi connectivity index (χ2v) is 6.14. The fourth-order valence-corrected chi connectivity index (χ4v) is 2.68. The molecule has 1 heterocycles. The van der Waals surface area contributed by atoms with Gasteiger partial charge >= 0.3 is 0 Å². The van der Waals surface area contributed by atoms with E-state index in [1.54, 1.807) is 6.07 Å². The van der Waals surface area contributed by atoms with Crippen LogP contribution in [0.4, 0.5) is 4.39 Å². The Balaban J connectivity index is 2.03. The lowest BCUT2D eigenvalue weighted by Crippen LogP contribution is -1.96. The molecule has 0 amide bonds. The van der Waals surface area contributed by atoms with Crippen molar-refractivity contribution >= 4 is 0 Å². The van der Waals surface area contributed by atoms with Gasteiger partial charge in [-0.2, -0.15) is 0 Å². The van der Waals surface area contributed by atoms with E-state index in [0.717, 1.165) is 36.8 Å². The molecule has 0 saturated carbocycles. The van der Waals surface area contributed by atoms with E-state index in [-0.39, 0.29) is 5.82 Å². The Morgan fingerprint density at radius 2 is 1.43 bits per heavy atom. The van der Waals surface area contributed by atoms with Crippen molar-refractivity contribution in [2.45, 2.75) is 65.2 Å². The number of unbranched alkanes of at least 4 members (excludes halogenated alkanes) is 4. The molecule has 0 unspecified atom stereocenters. The van der Waals surface area contributed by atoms with Crippen molar-refractivity contribution < 1.29 is 4.39 Å². The zero-order chi connectivity index (χ0) is 16.5. The minimum absolute atomic E-state index is 0.224. The van der Waals surface area contributed by atoms with Gasteiger partial charge in [0.15, 0.2) is 5.82 Å². The summed E-state index contributed by atoms with van der Waals surface area (Å²) in [5.74, 6) is 0.250. The van der Waals surface area contributed by atoms with Gasteiger partial charge < -0.3 is 0 Å². The molecule has 3 heteroatoms. The highest BCUT2D eigenvalue weighted by molar-refractivity contribution is 5.56. The average Bonchev–Trinajstić information content (AvgIpc) is 2.56. The molecule has 0 atom stereocenters. The van der Waals surface area contributed by atoms with E-state index in [2.05, 4.69) is 23.8 Å². The summed E-state index contributed by atoms with van der Waals surface area (Å²) < 4.78 is 14.3. The van der Waals surface area contributed by atoms with Crippen LogP contribution in [0.2, 0.25) is 0 Å². The Morgan fingerprint density at radius 1 is 0.826 bits per heavy atom. The number of rotatable bonds is 9. The standard InChI is InChI=1S/C20H27FN2/c1-3-5-7-9-16-11-12-18(19(21)13-16)20-22-14-17(15-23-20)10-8-6-4-2/h11-15H,3-10H2,1-2H3. The Kier molecular flexibility index (Phi) is 7.18. The lowest BCUT2D eigenvalue weighted by Gasteiger charge is -2.06. The molecule has 23 heavy (non-hydrogen) atoms. The lowest BCUT2D eigenvalue weighted by molar-refractivity contribution is 0.625. The van der Waals surface area contributed by atoms with Crippen LogP contribution in [0.3, 0.4) is 0 Å². The smallest absolute Gasteiger partial charge is 0.162 e. The molecule has 0 bridgehead atoms. The second-order valence-electron chi connectivity index (χ2n) is 6.14. The van der Waals surface area contributed by atoms with Gasteiger partial charge in [-0.25, -0.2) is 14.4 Å². The van der Waals surface area contributed by atoms with Crippen LogP contribution in [-0.4, -0.2) is 9.97 Å². The molecule has 0 aliphatic heterocycles. The second kappa shape index (κ2) is 9.39. The van der Waals surface area contributed by atoms with Crippen molar-refractivity contribution in [1.29, 1.82) is 0 Å². The molecule has 1 aromatic carbocycles. The molecule has 0 saturated heterocycles. The third-order valence-corrected chi connectivity index (χ3v) is 4.12. The van der Waals surface area contributed by atoms with Gasteiger partial charge in [0.25, 0.3) is 0 Å². The third-order valence-electron chi connectivity index (χ3n) is 4.12. The van der Waals surface area contributed by atoms with Crippen LogP contribution in [0.5, 0.6) is 0 Å².